The van der Waals surface area contributed by atoms with Crippen LogP contribution in [-0.4, -0.2) is 4.98 Å². The van der Waals surface area contributed by atoms with Crippen molar-refractivity contribution in [1.29, 1.82) is 5.26 Å². The lowest BCUT2D eigenvalue weighted by Gasteiger charge is -2.05. The van der Waals surface area contributed by atoms with Crippen LogP contribution in [-0.2, 0) is 0 Å². The van der Waals surface area contributed by atoms with E-state index < -0.39 is 0 Å². The SMILES string of the molecule is N#CSc1cc(-c2ccc(F)cc2)c(-c2ccc(F)cc2)[nH]1. The molecule has 2 nitrogen and oxygen atoms in total. The second-order valence-electron chi connectivity index (χ2n) is 4.63. The third kappa shape index (κ3) is 2.87. The number of hydrogen-bond acceptors (Lipinski definition) is 2. The van der Waals surface area contributed by atoms with E-state index >= 15 is 0 Å². The number of nitrogens with zero attached hydrogens (tertiary/aromatic N) is 1. The molecule has 0 saturated heterocycles. The molecule has 0 unspecified atom stereocenters. The Kier molecular flexibility index (Phi) is 3.94. The fraction of sp³-hybridized carbons (Fsp3) is 0. The summed E-state index contributed by atoms with van der Waals surface area (Å²) in [5, 5.41) is 11.5. The highest BCUT2D eigenvalue weighted by Crippen LogP contribution is 2.35. The quantitative estimate of drug-likeness (QED) is 0.533. The van der Waals surface area contributed by atoms with Crippen molar-refractivity contribution >= 4 is 11.8 Å². The zero-order chi connectivity index (χ0) is 15.5. The zero-order valence-electron chi connectivity index (χ0n) is 11.3. The van der Waals surface area contributed by atoms with E-state index in [2.05, 4.69) is 4.98 Å². The van der Waals surface area contributed by atoms with E-state index in [4.69, 9.17) is 5.26 Å². The van der Waals surface area contributed by atoms with Gasteiger partial charge >= 0.3 is 0 Å². The van der Waals surface area contributed by atoms with Gasteiger partial charge in [0.25, 0.3) is 0 Å². The molecule has 1 heterocycles. The molecule has 22 heavy (non-hydrogen) atoms. The van der Waals surface area contributed by atoms with Crippen molar-refractivity contribution < 1.29 is 8.78 Å². The number of thiocyanates is 1. The number of nitriles is 1. The number of hydrogen-bond donors (Lipinski definition) is 1. The summed E-state index contributed by atoms with van der Waals surface area (Å²) in [5.41, 5.74) is 3.22. The maximum atomic E-state index is 13.1. The predicted octanol–water partition coefficient (Wildman–Crippen LogP) is 5.20. The number of benzene rings is 2. The summed E-state index contributed by atoms with van der Waals surface area (Å²) in [7, 11) is 0. The lowest BCUT2D eigenvalue weighted by Crippen LogP contribution is -1.84. The van der Waals surface area contributed by atoms with Crippen molar-refractivity contribution in [3.8, 4) is 27.8 Å². The minimum Gasteiger partial charge on any atom is -0.348 e. The van der Waals surface area contributed by atoms with Crippen LogP contribution in [0.5, 0.6) is 0 Å². The molecule has 1 N–H and O–H groups in total. The molecule has 108 valence electrons. The molecular formula is C17H10F2N2S. The molecule has 5 heteroatoms. The van der Waals surface area contributed by atoms with Crippen LogP contribution in [0.3, 0.4) is 0 Å². The number of rotatable bonds is 3. The highest BCUT2D eigenvalue weighted by molar-refractivity contribution is 8.03. The first kappa shape index (κ1) is 14.4. The summed E-state index contributed by atoms with van der Waals surface area (Å²) in [4.78, 5) is 3.16. The fourth-order valence-electron chi connectivity index (χ4n) is 2.24. The molecule has 0 aliphatic carbocycles. The summed E-state index contributed by atoms with van der Waals surface area (Å²) in [5.74, 6) is -0.625. The van der Waals surface area contributed by atoms with E-state index in [0.717, 1.165) is 34.1 Å². The Morgan fingerprint density at radius 3 is 1.95 bits per heavy atom. The smallest absolute Gasteiger partial charge is 0.140 e. The van der Waals surface area contributed by atoms with E-state index in [1.807, 2.05) is 11.5 Å². The van der Waals surface area contributed by atoms with Gasteiger partial charge in [-0.3, -0.25) is 0 Å². The molecule has 0 aliphatic heterocycles. The van der Waals surface area contributed by atoms with E-state index in [1.54, 1.807) is 24.3 Å². The summed E-state index contributed by atoms with van der Waals surface area (Å²) in [6.07, 6.45) is 0. The second kappa shape index (κ2) is 6.04. The lowest BCUT2D eigenvalue weighted by molar-refractivity contribution is 0.627. The first-order valence-electron chi connectivity index (χ1n) is 6.48. The van der Waals surface area contributed by atoms with Gasteiger partial charge in [0, 0.05) is 17.3 Å². The van der Waals surface area contributed by atoms with Gasteiger partial charge in [0.1, 0.15) is 17.0 Å². The van der Waals surface area contributed by atoms with Gasteiger partial charge in [0.2, 0.25) is 0 Å². The normalized spacial score (nSPS) is 10.4. The van der Waals surface area contributed by atoms with Gasteiger partial charge in [-0.1, -0.05) is 12.1 Å². The van der Waals surface area contributed by atoms with Gasteiger partial charge in [-0.2, -0.15) is 5.26 Å². The van der Waals surface area contributed by atoms with E-state index in [9.17, 15) is 8.78 Å². The Hall–Kier alpha value is -2.58. The Morgan fingerprint density at radius 2 is 1.41 bits per heavy atom. The number of H-pyrrole nitrogens is 1. The van der Waals surface area contributed by atoms with E-state index in [-0.39, 0.29) is 11.6 Å². The number of thioether (sulfide) groups is 1. The average molecular weight is 312 g/mol. The summed E-state index contributed by atoms with van der Waals surface area (Å²) in [6, 6.07) is 14.0. The van der Waals surface area contributed by atoms with Crippen molar-refractivity contribution in [3.63, 3.8) is 0 Å². The van der Waals surface area contributed by atoms with Crippen LogP contribution in [0.15, 0.2) is 59.6 Å². The molecule has 0 atom stereocenters. The van der Waals surface area contributed by atoms with Gasteiger partial charge < -0.3 is 4.98 Å². The van der Waals surface area contributed by atoms with E-state index in [1.165, 1.54) is 24.3 Å². The Balaban J connectivity index is 2.13. The highest BCUT2D eigenvalue weighted by Gasteiger charge is 2.13. The Bertz CT molecular complexity index is 768. The Labute approximate surface area is 130 Å². The molecule has 0 spiro atoms. The molecule has 2 aromatic carbocycles. The van der Waals surface area contributed by atoms with Crippen LogP contribution in [0.1, 0.15) is 0 Å². The topological polar surface area (TPSA) is 39.6 Å². The average Bonchev–Trinajstić information content (AvgIpc) is 2.93. The van der Waals surface area contributed by atoms with Crippen LogP contribution in [0.25, 0.3) is 22.4 Å². The largest absolute Gasteiger partial charge is 0.348 e. The number of aromatic amines is 1. The molecule has 0 radical (unpaired) electrons. The maximum Gasteiger partial charge on any atom is 0.140 e. The van der Waals surface area contributed by atoms with Gasteiger partial charge in [0.15, 0.2) is 0 Å². The number of aromatic nitrogens is 1. The third-order valence-corrected chi connectivity index (χ3v) is 3.77. The van der Waals surface area contributed by atoms with Crippen molar-refractivity contribution in [2.45, 2.75) is 5.03 Å². The molecule has 1 aromatic heterocycles. The fourth-order valence-corrected chi connectivity index (χ4v) is 2.66. The highest BCUT2D eigenvalue weighted by atomic mass is 32.2. The van der Waals surface area contributed by atoms with Crippen molar-refractivity contribution in [2.24, 2.45) is 0 Å². The maximum absolute atomic E-state index is 13.1. The first-order chi connectivity index (χ1) is 10.7. The van der Waals surface area contributed by atoms with Crippen LogP contribution < -0.4 is 0 Å². The minimum atomic E-state index is -0.315. The number of nitrogens with one attached hydrogen (secondary N) is 1. The molecular weight excluding hydrogens is 302 g/mol. The molecule has 0 fully saturated rings. The second-order valence-corrected chi connectivity index (χ2v) is 5.46. The molecule has 3 rings (SSSR count). The molecule has 0 saturated carbocycles. The summed E-state index contributed by atoms with van der Waals surface area (Å²) >= 11 is 1.01. The van der Waals surface area contributed by atoms with Gasteiger partial charge in [-0.25, -0.2) is 8.78 Å². The monoisotopic (exact) mass is 312 g/mol. The van der Waals surface area contributed by atoms with Gasteiger partial charge in [-0.15, -0.1) is 0 Å². The third-order valence-electron chi connectivity index (χ3n) is 3.24. The Morgan fingerprint density at radius 1 is 0.864 bits per heavy atom. The summed E-state index contributed by atoms with van der Waals surface area (Å²) < 4.78 is 26.2. The van der Waals surface area contributed by atoms with Crippen molar-refractivity contribution in [3.05, 3.63) is 66.2 Å². The lowest BCUT2D eigenvalue weighted by atomic mass is 10.0. The minimum absolute atomic E-state index is 0.311. The standard InChI is InChI=1S/C17H10F2N2S/c18-13-5-1-11(2-6-13)15-9-16(22-10-20)21-17(15)12-3-7-14(19)8-4-12/h1-9,21H. The summed E-state index contributed by atoms with van der Waals surface area (Å²) in [6.45, 7) is 0. The molecule has 0 amide bonds. The zero-order valence-corrected chi connectivity index (χ0v) is 12.1. The van der Waals surface area contributed by atoms with Crippen molar-refractivity contribution in [2.75, 3.05) is 0 Å². The predicted molar refractivity (Wildman–Crippen MR) is 83.1 cm³/mol. The molecule has 0 bridgehead atoms. The number of halogens is 2. The van der Waals surface area contributed by atoms with Crippen molar-refractivity contribution in [1.82, 2.24) is 4.98 Å². The van der Waals surface area contributed by atoms with Crippen LogP contribution >= 0.6 is 11.8 Å². The van der Waals surface area contributed by atoms with Crippen LogP contribution in [0.4, 0.5) is 8.78 Å². The molecule has 3 aromatic rings. The van der Waals surface area contributed by atoms with Gasteiger partial charge in [-0.05, 0) is 53.6 Å². The van der Waals surface area contributed by atoms with Crippen LogP contribution in [0.2, 0.25) is 0 Å². The molecule has 0 aliphatic rings. The first-order valence-corrected chi connectivity index (χ1v) is 7.30. The van der Waals surface area contributed by atoms with Crippen LogP contribution in [0, 0.1) is 22.3 Å². The van der Waals surface area contributed by atoms with Gasteiger partial charge in [0.05, 0.1) is 10.7 Å². The van der Waals surface area contributed by atoms with E-state index in [0.29, 0.717) is 5.03 Å².